The Morgan fingerprint density at radius 2 is 2.06 bits per heavy atom. The van der Waals surface area contributed by atoms with E-state index in [0.717, 1.165) is 23.5 Å². The summed E-state index contributed by atoms with van der Waals surface area (Å²) >= 11 is 1.71. The second-order valence-corrected chi connectivity index (χ2v) is 5.02. The van der Waals surface area contributed by atoms with Crippen LogP contribution in [0.2, 0.25) is 0 Å². The van der Waals surface area contributed by atoms with Crippen LogP contribution in [0, 0.1) is 0 Å². The van der Waals surface area contributed by atoms with Crippen molar-refractivity contribution in [1.29, 1.82) is 0 Å². The molecule has 0 aliphatic rings. The molecule has 0 spiro atoms. The number of nitrogen functional groups attached to an aromatic ring is 1. The Morgan fingerprint density at radius 3 is 2.89 bits per heavy atom. The van der Waals surface area contributed by atoms with E-state index >= 15 is 0 Å². The summed E-state index contributed by atoms with van der Waals surface area (Å²) in [6.07, 6.45) is 0.863. The number of anilines is 1. The first-order valence-electron chi connectivity index (χ1n) is 5.88. The second-order valence-electron chi connectivity index (χ2n) is 4.11. The molecule has 1 aromatic carbocycles. The number of rotatable bonds is 2. The third-order valence-electron chi connectivity index (χ3n) is 2.88. The Labute approximate surface area is 109 Å². The lowest BCUT2D eigenvalue weighted by atomic mass is 10.1. The predicted molar refractivity (Wildman–Crippen MR) is 76.6 cm³/mol. The Morgan fingerprint density at radius 1 is 1.22 bits per heavy atom. The maximum Gasteiger partial charge on any atom is 0.163 e. The van der Waals surface area contributed by atoms with Crippen molar-refractivity contribution in [1.82, 2.24) is 9.97 Å². The molecular weight excluding hydrogens is 242 g/mol. The van der Waals surface area contributed by atoms with Crippen molar-refractivity contribution in [2.75, 3.05) is 5.73 Å². The molecule has 0 atom stereocenters. The lowest BCUT2D eigenvalue weighted by molar-refractivity contribution is 1.01. The lowest BCUT2D eigenvalue weighted by Gasteiger charge is -2.03. The number of aryl methyl sites for hydroxylation is 1. The topological polar surface area (TPSA) is 51.8 Å². The fourth-order valence-corrected chi connectivity index (χ4v) is 2.91. The molecule has 0 radical (unpaired) electrons. The van der Waals surface area contributed by atoms with Gasteiger partial charge in [-0.3, -0.25) is 0 Å². The molecule has 2 aromatic heterocycles. The summed E-state index contributed by atoms with van der Waals surface area (Å²) in [5, 5.41) is 3.29. The van der Waals surface area contributed by atoms with Gasteiger partial charge in [0.1, 0.15) is 5.82 Å². The number of benzene rings is 1. The number of fused-ring (bicyclic) bond motifs is 1. The highest BCUT2D eigenvalue weighted by molar-refractivity contribution is 7.17. The van der Waals surface area contributed by atoms with Gasteiger partial charge in [0.2, 0.25) is 0 Å². The third kappa shape index (κ3) is 1.84. The van der Waals surface area contributed by atoms with Crippen LogP contribution in [0.5, 0.6) is 0 Å². The van der Waals surface area contributed by atoms with Gasteiger partial charge in [-0.2, -0.15) is 0 Å². The molecule has 0 saturated carbocycles. The smallest absolute Gasteiger partial charge is 0.163 e. The van der Waals surface area contributed by atoms with Crippen LogP contribution >= 0.6 is 11.3 Å². The lowest BCUT2D eigenvalue weighted by Crippen LogP contribution is -1.99. The van der Waals surface area contributed by atoms with E-state index in [4.69, 9.17) is 5.73 Å². The highest BCUT2D eigenvalue weighted by atomic mass is 32.1. The summed E-state index contributed by atoms with van der Waals surface area (Å²) in [5.74, 6) is 1.26. The largest absolute Gasteiger partial charge is 0.384 e. The number of thiophene rings is 1. The van der Waals surface area contributed by atoms with Crippen molar-refractivity contribution in [2.45, 2.75) is 13.3 Å². The van der Waals surface area contributed by atoms with Crippen LogP contribution in [-0.2, 0) is 6.42 Å². The van der Waals surface area contributed by atoms with Crippen LogP contribution in [0.4, 0.5) is 5.82 Å². The van der Waals surface area contributed by atoms with Crippen molar-refractivity contribution in [2.24, 2.45) is 0 Å². The summed E-state index contributed by atoms with van der Waals surface area (Å²) in [6, 6.07) is 10.1. The Kier molecular flexibility index (Phi) is 2.72. The van der Waals surface area contributed by atoms with E-state index < -0.39 is 0 Å². The Bertz CT molecular complexity index is 703. The molecule has 3 rings (SSSR count). The first-order chi connectivity index (χ1) is 8.78. The molecule has 3 nitrogen and oxygen atoms in total. The van der Waals surface area contributed by atoms with E-state index in [1.54, 1.807) is 11.3 Å². The number of nitrogens with zero attached hydrogens (tertiary/aromatic N) is 2. The highest BCUT2D eigenvalue weighted by Gasteiger charge is 2.10. The maximum absolute atomic E-state index is 5.84. The van der Waals surface area contributed by atoms with E-state index in [9.17, 15) is 0 Å². The summed E-state index contributed by atoms with van der Waals surface area (Å²) < 4.78 is 1.25. The van der Waals surface area contributed by atoms with E-state index in [1.165, 1.54) is 10.1 Å². The van der Waals surface area contributed by atoms with E-state index in [-0.39, 0.29) is 0 Å². The van der Waals surface area contributed by atoms with E-state index in [0.29, 0.717) is 5.82 Å². The SMILES string of the molecule is CCc1cc(N)nc(-c2csc3ccccc23)n1. The minimum absolute atomic E-state index is 0.534. The van der Waals surface area contributed by atoms with Crippen molar-refractivity contribution in [3.05, 3.63) is 41.4 Å². The van der Waals surface area contributed by atoms with E-state index in [2.05, 4.69) is 34.4 Å². The molecule has 0 unspecified atom stereocenters. The van der Waals surface area contributed by atoms with Crippen LogP contribution in [-0.4, -0.2) is 9.97 Å². The molecule has 4 heteroatoms. The number of hydrogen-bond acceptors (Lipinski definition) is 4. The third-order valence-corrected chi connectivity index (χ3v) is 3.85. The summed E-state index contributed by atoms with van der Waals surface area (Å²) in [5.41, 5.74) is 7.88. The average molecular weight is 255 g/mol. The molecule has 2 heterocycles. The van der Waals surface area contributed by atoms with Gasteiger partial charge in [0.15, 0.2) is 5.82 Å². The number of hydrogen-bond donors (Lipinski definition) is 1. The zero-order valence-corrected chi connectivity index (χ0v) is 10.9. The Hall–Kier alpha value is -1.94. The highest BCUT2D eigenvalue weighted by Crippen LogP contribution is 2.32. The average Bonchev–Trinajstić information content (AvgIpc) is 2.81. The van der Waals surface area contributed by atoms with Crippen LogP contribution in [0.25, 0.3) is 21.5 Å². The zero-order chi connectivity index (χ0) is 12.5. The number of aromatic nitrogens is 2. The van der Waals surface area contributed by atoms with Crippen LogP contribution in [0.1, 0.15) is 12.6 Å². The minimum atomic E-state index is 0.534. The van der Waals surface area contributed by atoms with Crippen molar-refractivity contribution in [3.63, 3.8) is 0 Å². The van der Waals surface area contributed by atoms with E-state index in [1.807, 2.05) is 18.2 Å². The normalized spacial score (nSPS) is 10.9. The molecule has 0 aliphatic heterocycles. The predicted octanol–water partition coefficient (Wildman–Crippen LogP) is 3.50. The van der Waals surface area contributed by atoms with Gasteiger partial charge < -0.3 is 5.73 Å². The van der Waals surface area contributed by atoms with Crippen molar-refractivity contribution in [3.8, 4) is 11.4 Å². The monoisotopic (exact) mass is 255 g/mol. The first-order valence-corrected chi connectivity index (χ1v) is 6.76. The fraction of sp³-hybridized carbons (Fsp3) is 0.143. The standard InChI is InChI=1S/C14H13N3S/c1-2-9-7-13(15)17-14(16-9)11-8-18-12-6-4-3-5-10(11)12/h3-8H,2H2,1H3,(H2,15,16,17). The van der Waals surface area contributed by atoms with Gasteiger partial charge in [0.05, 0.1) is 0 Å². The van der Waals surface area contributed by atoms with Gasteiger partial charge in [-0.1, -0.05) is 25.1 Å². The maximum atomic E-state index is 5.84. The molecule has 0 aliphatic carbocycles. The molecule has 2 N–H and O–H groups in total. The van der Waals surface area contributed by atoms with Gasteiger partial charge in [0, 0.05) is 32.8 Å². The van der Waals surface area contributed by atoms with Crippen LogP contribution in [0.15, 0.2) is 35.7 Å². The fourth-order valence-electron chi connectivity index (χ4n) is 1.97. The van der Waals surface area contributed by atoms with Gasteiger partial charge in [-0.25, -0.2) is 9.97 Å². The second kappa shape index (κ2) is 4.38. The van der Waals surface area contributed by atoms with Gasteiger partial charge in [0.25, 0.3) is 0 Å². The quantitative estimate of drug-likeness (QED) is 0.762. The van der Waals surface area contributed by atoms with Crippen molar-refractivity contribution < 1.29 is 0 Å². The van der Waals surface area contributed by atoms with Gasteiger partial charge >= 0.3 is 0 Å². The van der Waals surface area contributed by atoms with Gasteiger partial charge in [-0.05, 0) is 12.5 Å². The van der Waals surface area contributed by atoms with Crippen molar-refractivity contribution >= 4 is 27.2 Å². The molecule has 18 heavy (non-hydrogen) atoms. The Balaban J connectivity index is 2.22. The molecule has 0 fully saturated rings. The molecule has 0 bridgehead atoms. The number of nitrogens with two attached hydrogens (primary N) is 1. The van der Waals surface area contributed by atoms with Crippen LogP contribution < -0.4 is 5.73 Å². The minimum Gasteiger partial charge on any atom is -0.384 e. The molecular formula is C14H13N3S. The zero-order valence-electron chi connectivity index (χ0n) is 10.1. The molecule has 0 amide bonds. The summed E-state index contributed by atoms with van der Waals surface area (Å²) in [4.78, 5) is 8.91. The van der Waals surface area contributed by atoms with Gasteiger partial charge in [-0.15, -0.1) is 11.3 Å². The molecule has 0 saturated heterocycles. The molecule has 3 aromatic rings. The van der Waals surface area contributed by atoms with Crippen LogP contribution in [0.3, 0.4) is 0 Å². The summed E-state index contributed by atoms with van der Waals surface area (Å²) in [6.45, 7) is 2.07. The summed E-state index contributed by atoms with van der Waals surface area (Å²) in [7, 11) is 0. The molecule has 90 valence electrons. The first kappa shape index (κ1) is 11.2.